The Balaban J connectivity index is 2.65. The topological polar surface area (TPSA) is 50.7 Å². The molecule has 1 aromatic rings. The fraction of sp³-hybridized carbons (Fsp3) is 0.455. The van der Waals surface area contributed by atoms with Crippen molar-refractivity contribution in [2.45, 2.75) is 0 Å². The second kappa shape index (κ2) is 5.86. The van der Waals surface area contributed by atoms with E-state index in [0.717, 1.165) is 18.0 Å². The molecule has 0 saturated carbocycles. The molecule has 4 nitrogen and oxygen atoms in total. The van der Waals surface area contributed by atoms with Gasteiger partial charge in [-0.1, -0.05) is 0 Å². The van der Waals surface area contributed by atoms with E-state index in [1.54, 1.807) is 24.6 Å². The maximum Gasteiger partial charge on any atom is 0.119 e. The van der Waals surface area contributed by atoms with Gasteiger partial charge >= 0.3 is 0 Å². The van der Waals surface area contributed by atoms with Gasteiger partial charge in [-0.3, -0.25) is 0 Å². The first-order valence-corrected chi connectivity index (χ1v) is 7.39. The monoisotopic (exact) mass is 242 g/mol. The van der Waals surface area contributed by atoms with E-state index < -0.39 is 9.73 Å². The second-order valence-corrected chi connectivity index (χ2v) is 6.26. The molecule has 0 aliphatic carbocycles. The average molecular weight is 242 g/mol. The second-order valence-electron chi connectivity index (χ2n) is 3.72. The molecule has 90 valence electrons. The summed E-state index contributed by atoms with van der Waals surface area (Å²) in [6.07, 6.45) is 3.23. The quantitative estimate of drug-likeness (QED) is 0.799. The van der Waals surface area contributed by atoms with Crippen LogP contribution in [0.1, 0.15) is 0 Å². The first kappa shape index (κ1) is 13.0. The first-order valence-electron chi connectivity index (χ1n) is 5.06. The minimum absolute atomic E-state index is 0.630. The Kier molecular flexibility index (Phi) is 4.76. The molecule has 0 unspecified atom stereocenters. The highest BCUT2D eigenvalue weighted by Gasteiger charge is 1.96. The van der Waals surface area contributed by atoms with Crippen LogP contribution in [-0.4, -0.2) is 36.9 Å². The molecule has 1 aromatic carbocycles. The zero-order valence-corrected chi connectivity index (χ0v) is 10.7. The van der Waals surface area contributed by atoms with Crippen molar-refractivity contribution in [3.8, 4) is 5.75 Å². The summed E-state index contributed by atoms with van der Waals surface area (Å²) in [5, 5.41) is 3.00. The van der Waals surface area contributed by atoms with Gasteiger partial charge in [-0.05, 0) is 31.3 Å². The highest BCUT2D eigenvalue weighted by atomic mass is 32.2. The summed E-state index contributed by atoms with van der Waals surface area (Å²) >= 11 is 0. The molecule has 0 fully saturated rings. The van der Waals surface area contributed by atoms with Crippen molar-refractivity contribution in [2.75, 3.05) is 32.7 Å². The summed E-state index contributed by atoms with van der Waals surface area (Å²) in [5.41, 5.74) is 0.718. The highest BCUT2D eigenvalue weighted by molar-refractivity contribution is 7.92. The molecule has 0 bridgehead atoms. The van der Waals surface area contributed by atoms with E-state index in [2.05, 4.69) is 9.68 Å². The van der Waals surface area contributed by atoms with Crippen LogP contribution >= 0.6 is 0 Å². The molecule has 0 saturated heterocycles. The minimum atomic E-state index is -2.09. The first-order chi connectivity index (χ1) is 7.51. The molecule has 0 atom stereocenters. The molecule has 1 N–H and O–H groups in total. The van der Waals surface area contributed by atoms with E-state index in [9.17, 15) is 4.21 Å². The largest absolute Gasteiger partial charge is 0.492 e. The lowest BCUT2D eigenvalue weighted by molar-refractivity contribution is 0.318. The normalized spacial score (nSPS) is 11.2. The lowest BCUT2D eigenvalue weighted by Crippen LogP contribution is -2.15. The van der Waals surface area contributed by atoms with Gasteiger partial charge in [0.25, 0.3) is 0 Å². The molecular weight excluding hydrogens is 224 g/mol. The average Bonchev–Trinajstić information content (AvgIpc) is 2.19. The third-order valence-corrected chi connectivity index (χ3v) is 2.43. The van der Waals surface area contributed by atoms with E-state index in [0.29, 0.717) is 6.61 Å². The molecule has 0 aliphatic heterocycles. The maximum absolute atomic E-state index is 11.4. The number of ether oxygens (including phenoxy) is 1. The van der Waals surface area contributed by atoms with Gasteiger partial charge in [0.2, 0.25) is 0 Å². The fourth-order valence-corrected chi connectivity index (χ4v) is 1.76. The third kappa shape index (κ3) is 5.14. The van der Waals surface area contributed by atoms with Crippen LogP contribution in [0.4, 0.5) is 5.69 Å². The Morgan fingerprint density at radius 1 is 1.31 bits per heavy atom. The Hall–Kier alpha value is -1.07. The van der Waals surface area contributed by atoms with Crippen LogP contribution in [0.2, 0.25) is 0 Å². The smallest absolute Gasteiger partial charge is 0.119 e. The van der Waals surface area contributed by atoms with Crippen LogP contribution in [0.25, 0.3) is 0 Å². The Morgan fingerprint density at radius 2 is 1.94 bits per heavy atom. The van der Waals surface area contributed by atoms with Crippen molar-refractivity contribution < 1.29 is 8.95 Å². The van der Waals surface area contributed by atoms with Crippen molar-refractivity contribution in [1.82, 2.24) is 5.32 Å². The van der Waals surface area contributed by atoms with Gasteiger partial charge in [-0.15, -0.1) is 0 Å². The molecule has 0 spiro atoms. The number of rotatable bonds is 5. The molecule has 0 amide bonds. The van der Waals surface area contributed by atoms with Crippen molar-refractivity contribution in [1.29, 1.82) is 0 Å². The number of hydrogen-bond donors (Lipinski definition) is 1. The molecule has 16 heavy (non-hydrogen) atoms. The minimum Gasteiger partial charge on any atom is -0.492 e. The SMILES string of the molecule is CNCCOc1ccc(N=S(C)(C)=O)cc1. The van der Waals surface area contributed by atoms with Gasteiger partial charge in [0.15, 0.2) is 0 Å². The summed E-state index contributed by atoms with van der Waals surface area (Å²) < 4.78 is 21.0. The van der Waals surface area contributed by atoms with Crippen LogP contribution in [-0.2, 0) is 9.73 Å². The lowest BCUT2D eigenvalue weighted by atomic mass is 10.3. The Morgan fingerprint density at radius 3 is 2.44 bits per heavy atom. The Labute approximate surface area is 97.2 Å². The number of nitrogens with one attached hydrogen (secondary N) is 1. The predicted molar refractivity (Wildman–Crippen MR) is 67.9 cm³/mol. The van der Waals surface area contributed by atoms with E-state index in [1.165, 1.54) is 0 Å². The predicted octanol–water partition coefficient (Wildman–Crippen LogP) is 1.64. The third-order valence-electron chi connectivity index (χ3n) is 1.78. The Bertz CT molecular complexity index is 426. The van der Waals surface area contributed by atoms with Crippen molar-refractivity contribution in [2.24, 2.45) is 4.36 Å². The molecule has 1 rings (SSSR count). The van der Waals surface area contributed by atoms with Gasteiger partial charge in [0.1, 0.15) is 12.4 Å². The van der Waals surface area contributed by atoms with Crippen LogP contribution in [0.5, 0.6) is 5.75 Å². The fourth-order valence-electron chi connectivity index (χ4n) is 1.13. The summed E-state index contributed by atoms with van der Waals surface area (Å²) in [7, 11) is -0.207. The zero-order valence-electron chi connectivity index (χ0n) is 9.90. The summed E-state index contributed by atoms with van der Waals surface area (Å²) in [5.74, 6) is 0.799. The molecule has 0 aromatic heterocycles. The van der Waals surface area contributed by atoms with Gasteiger partial charge in [-0.25, -0.2) is 4.21 Å². The van der Waals surface area contributed by atoms with Crippen LogP contribution in [0.3, 0.4) is 0 Å². The molecular formula is C11H18N2O2S. The molecule has 0 heterocycles. The van der Waals surface area contributed by atoms with Crippen LogP contribution in [0, 0.1) is 0 Å². The number of nitrogens with zero attached hydrogens (tertiary/aromatic N) is 1. The zero-order chi connectivity index (χ0) is 12.0. The molecule has 5 heteroatoms. The van der Waals surface area contributed by atoms with E-state index >= 15 is 0 Å². The van der Waals surface area contributed by atoms with Crippen molar-refractivity contribution in [3.05, 3.63) is 24.3 Å². The van der Waals surface area contributed by atoms with E-state index in [4.69, 9.17) is 4.74 Å². The van der Waals surface area contributed by atoms with Crippen LogP contribution in [0.15, 0.2) is 28.6 Å². The molecule has 0 radical (unpaired) electrons. The molecule has 0 aliphatic rings. The lowest BCUT2D eigenvalue weighted by Gasteiger charge is -2.05. The van der Waals surface area contributed by atoms with Gasteiger partial charge in [0.05, 0.1) is 5.69 Å². The van der Waals surface area contributed by atoms with Crippen LogP contribution < -0.4 is 10.1 Å². The number of likely N-dealkylation sites (N-methyl/N-ethyl adjacent to an activating group) is 1. The number of benzene rings is 1. The van der Waals surface area contributed by atoms with Gasteiger partial charge in [0, 0.05) is 28.8 Å². The number of hydrogen-bond acceptors (Lipinski definition) is 4. The summed E-state index contributed by atoms with van der Waals surface area (Å²) in [6, 6.07) is 7.28. The van der Waals surface area contributed by atoms with E-state index in [1.807, 2.05) is 19.2 Å². The van der Waals surface area contributed by atoms with Crippen molar-refractivity contribution >= 4 is 15.4 Å². The van der Waals surface area contributed by atoms with Crippen molar-refractivity contribution in [3.63, 3.8) is 0 Å². The summed E-state index contributed by atoms with van der Waals surface area (Å²) in [4.78, 5) is 0. The van der Waals surface area contributed by atoms with Gasteiger partial charge < -0.3 is 10.1 Å². The highest BCUT2D eigenvalue weighted by Crippen LogP contribution is 2.18. The van der Waals surface area contributed by atoms with Gasteiger partial charge in [-0.2, -0.15) is 4.36 Å². The summed E-state index contributed by atoms with van der Waals surface area (Å²) in [6.45, 7) is 1.44. The standard InChI is InChI=1S/C11H18N2O2S/c1-12-8-9-15-11-6-4-10(5-7-11)13-16(2,3)14/h4-7,12H,8-9H2,1-3H3. The van der Waals surface area contributed by atoms with E-state index in [-0.39, 0.29) is 0 Å². The maximum atomic E-state index is 11.4.